The number of hydrogen-bond acceptors (Lipinski definition) is 6. The lowest BCUT2D eigenvalue weighted by Gasteiger charge is -2.18. The second-order valence-corrected chi connectivity index (χ2v) is 18.1. The Morgan fingerprint density at radius 2 is 0.581 bits per heavy atom. The van der Waals surface area contributed by atoms with E-state index in [1.807, 2.05) is 0 Å². The summed E-state index contributed by atoms with van der Waals surface area (Å²) in [5, 5.41) is 0. The summed E-state index contributed by atoms with van der Waals surface area (Å²) in [4.78, 5) is 38.0. The van der Waals surface area contributed by atoms with E-state index < -0.39 is 6.10 Å². The Bertz CT molecular complexity index is 1050. The molecule has 0 aromatic carbocycles. The zero-order valence-corrected chi connectivity index (χ0v) is 41.4. The van der Waals surface area contributed by atoms with Gasteiger partial charge in [-0.25, -0.2) is 0 Å². The van der Waals surface area contributed by atoms with Crippen molar-refractivity contribution in [1.29, 1.82) is 0 Å². The summed E-state index contributed by atoms with van der Waals surface area (Å²) in [7, 11) is 0. The van der Waals surface area contributed by atoms with Gasteiger partial charge in [-0.3, -0.25) is 14.4 Å². The maximum Gasteiger partial charge on any atom is 0.306 e. The van der Waals surface area contributed by atoms with Crippen molar-refractivity contribution in [1.82, 2.24) is 0 Å². The third-order valence-corrected chi connectivity index (χ3v) is 11.9. The first-order valence-corrected chi connectivity index (χ1v) is 27.0. The van der Waals surface area contributed by atoms with Crippen molar-refractivity contribution in [2.75, 3.05) is 13.2 Å². The molecule has 0 aliphatic carbocycles. The molecule has 6 nitrogen and oxygen atoms in total. The van der Waals surface area contributed by atoms with E-state index in [1.165, 1.54) is 161 Å². The first-order valence-electron chi connectivity index (χ1n) is 27.0. The van der Waals surface area contributed by atoms with Crippen LogP contribution in [0, 0.1) is 0 Å². The van der Waals surface area contributed by atoms with Crippen molar-refractivity contribution in [2.24, 2.45) is 0 Å². The van der Waals surface area contributed by atoms with E-state index in [0.717, 1.165) is 83.5 Å². The van der Waals surface area contributed by atoms with Crippen LogP contribution in [0.25, 0.3) is 0 Å². The van der Waals surface area contributed by atoms with Gasteiger partial charge in [0, 0.05) is 19.3 Å². The van der Waals surface area contributed by atoms with Crippen LogP contribution in [0.2, 0.25) is 0 Å². The lowest BCUT2D eigenvalue weighted by molar-refractivity contribution is -0.167. The van der Waals surface area contributed by atoms with Crippen LogP contribution >= 0.6 is 0 Å². The Kier molecular flexibility index (Phi) is 49.3. The molecular formula is C56H102O6. The van der Waals surface area contributed by atoms with Crippen LogP contribution in [0.3, 0.4) is 0 Å². The molecule has 6 heteroatoms. The molecule has 0 spiro atoms. The van der Waals surface area contributed by atoms with Gasteiger partial charge in [0.1, 0.15) is 13.2 Å². The normalized spacial score (nSPS) is 12.2. The Labute approximate surface area is 385 Å². The minimum Gasteiger partial charge on any atom is -0.462 e. The van der Waals surface area contributed by atoms with Crippen LogP contribution in [-0.4, -0.2) is 37.2 Å². The maximum absolute atomic E-state index is 12.8. The highest BCUT2D eigenvalue weighted by molar-refractivity contribution is 5.71. The molecule has 1 atom stereocenters. The topological polar surface area (TPSA) is 78.9 Å². The van der Waals surface area contributed by atoms with Gasteiger partial charge in [0.15, 0.2) is 6.10 Å². The van der Waals surface area contributed by atoms with Crippen molar-refractivity contribution in [3.8, 4) is 0 Å². The predicted octanol–water partition coefficient (Wildman–Crippen LogP) is 17.7. The minimum absolute atomic E-state index is 0.0776. The lowest BCUT2D eigenvalue weighted by atomic mass is 10.0. The monoisotopic (exact) mass is 871 g/mol. The van der Waals surface area contributed by atoms with Gasteiger partial charge >= 0.3 is 17.9 Å². The van der Waals surface area contributed by atoms with Gasteiger partial charge in [-0.05, 0) is 77.0 Å². The highest BCUT2D eigenvalue weighted by Crippen LogP contribution is 2.15. The van der Waals surface area contributed by atoms with Crippen LogP contribution in [0.4, 0.5) is 0 Å². The summed E-state index contributed by atoms with van der Waals surface area (Å²) in [6.07, 6.45) is 59.8. The van der Waals surface area contributed by atoms with Crippen molar-refractivity contribution < 1.29 is 28.6 Å². The number of ether oxygens (including phenoxy) is 3. The number of allylic oxidation sites excluding steroid dienone is 6. The summed E-state index contributed by atoms with van der Waals surface area (Å²) in [5.41, 5.74) is 0. The van der Waals surface area contributed by atoms with E-state index in [4.69, 9.17) is 14.2 Å². The van der Waals surface area contributed by atoms with Crippen molar-refractivity contribution in [3.05, 3.63) is 36.5 Å². The van der Waals surface area contributed by atoms with E-state index in [0.29, 0.717) is 19.3 Å². The van der Waals surface area contributed by atoms with Gasteiger partial charge in [0.05, 0.1) is 0 Å². The molecule has 62 heavy (non-hydrogen) atoms. The fourth-order valence-corrected chi connectivity index (χ4v) is 7.76. The fraction of sp³-hybridized carbons (Fsp3) is 0.839. The fourth-order valence-electron chi connectivity index (χ4n) is 7.76. The lowest BCUT2D eigenvalue weighted by Crippen LogP contribution is -2.30. The summed E-state index contributed by atoms with van der Waals surface area (Å²) in [6, 6.07) is 0. The quantitative estimate of drug-likeness (QED) is 0.0262. The Morgan fingerprint density at radius 1 is 0.323 bits per heavy atom. The Balaban J connectivity index is 4.37. The molecule has 0 saturated carbocycles. The predicted molar refractivity (Wildman–Crippen MR) is 266 cm³/mol. The average molecular weight is 871 g/mol. The molecule has 0 fully saturated rings. The third kappa shape index (κ3) is 48.7. The molecule has 0 aliphatic rings. The number of rotatable bonds is 49. The Hall–Kier alpha value is -2.37. The standard InChI is InChI=1S/C56H102O6/c1-4-7-10-13-16-19-22-25-27-28-29-32-34-37-40-43-46-49-55(58)61-52-53(51-60-54(57)48-45-42-39-36-33-30-24-21-18-15-12-9-6-3)62-56(59)50-47-44-41-38-35-31-26-23-20-17-14-11-8-5-2/h16,19,25,27,31,35,53H,4-15,17-18,20-24,26,28-30,32-34,36-52H2,1-3H3/b19-16-,27-25-,35-31-. The minimum atomic E-state index is -0.779. The van der Waals surface area contributed by atoms with E-state index in [9.17, 15) is 14.4 Å². The van der Waals surface area contributed by atoms with Crippen LogP contribution < -0.4 is 0 Å². The second-order valence-electron chi connectivity index (χ2n) is 18.1. The molecule has 0 saturated heterocycles. The van der Waals surface area contributed by atoms with Gasteiger partial charge in [-0.15, -0.1) is 0 Å². The van der Waals surface area contributed by atoms with E-state index in [1.54, 1.807) is 0 Å². The second kappa shape index (κ2) is 51.3. The average Bonchev–Trinajstić information content (AvgIpc) is 3.27. The largest absolute Gasteiger partial charge is 0.462 e. The SMILES string of the molecule is CCCCC/C=C\C/C=C\CCCCCCCCCC(=O)OCC(COC(=O)CCCCCCCCCCCCCCC)OC(=O)CCCCC/C=C\CCCCCCCCC. The molecule has 0 amide bonds. The molecule has 0 aromatic rings. The van der Waals surface area contributed by atoms with Crippen LogP contribution in [0.1, 0.15) is 284 Å². The molecule has 0 aliphatic heterocycles. The Morgan fingerprint density at radius 3 is 0.952 bits per heavy atom. The van der Waals surface area contributed by atoms with Gasteiger partial charge in [-0.1, -0.05) is 224 Å². The van der Waals surface area contributed by atoms with Gasteiger partial charge in [-0.2, -0.15) is 0 Å². The van der Waals surface area contributed by atoms with Gasteiger partial charge < -0.3 is 14.2 Å². The molecule has 0 N–H and O–H groups in total. The van der Waals surface area contributed by atoms with E-state index in [-0.39, 0.29) is 31.1 Å². The summed E-state index contributed by atoms with van der Waals surface area (Å²) >= 11 is 0. The molecule has 0 radical (unpaired) electrons. The molecule has 0 rings (SSSR count). The summed E-state index contributed by atoms with van der Waals surface area (Å²) in [6.45, 7) is 6.61. The summed E-state index contributed by atoms with van der Waals surface area (Å²) in [5.74, 6) is -0.890. The summed E-state index contributed by atoms with van der Waals surface area (Å²) < 4.78 is 16.8. The van der Waals surface area contributed by atoms with Crippen molar-refractivity contribution in [2.45, 2.75) is 290 Å². The van der Waals surface area contributed by atoms with Gasteiger partial charge in [0.2, 0.25) is 0 Å². The number of hydrogen-bond donors (Lipinski definition) is 0. The molecule has 362 valence electrons. The van der Waals surface area contributed by atoms with Crippen LogP contribution in [0.5, 0.6) is 0 Å². The highest BCUT2D eigenvalue weighted by Gasteiger charge is 2.19. The number of unbranched alkanes of at least 4 members (excludes halogenated alkanes) is 32. The third-order valence-electron chi connectivity index (χ3n) is 11.9. The smallest absolute Gasteiger partial charge is 0.306 e. The number of esters is 3. The molecular weight excluding hydrogens is 769 g/mol. The maximum atomic E-state index is 12.8. The van der Waals surface area contributed by atoms with Crippen LogP contribution in [-0.2, 0) is 28.6 Å². The number of carbonyl (C=O) groups is 3. The van der Waals surface area contributed by atoms with E-state index >= 15 is 0 Å². The van der Waals surface area contributed by atoms with E-state index in [2.05, 4.69) is 57.2 Å². The number of carbonyl (C=O) groups excluding carboxylic acids is 3. The molecule has 0 bridgehead atoms. The van der Waals surface area contributed by atoms with Crippen molar-refractivity contribution >= 4 is 17.9 Å². The van der Waals surface area contributed by atoms with Crippen molar-refractivity contribution in [3.63, 3.8) is 0 Å². The zero-order chi connectivity index (χ0) is 45.1. The zero-order valence-electron chi connectivity index (χ0n) is 41.4. The van der Waals surface area contributed by atoms with Crippen LogP contribution in [0.15, 0.2) is 36.5 Å². The first-order chi connectivity index (χ1) is 30.5. The molecule has 0 heterocycles. The molecule has 0 aromatic heterocycles. The molecule has 1 unspecified atom stereocenters. The highest BCUT2D eigenvalue weighted by atomic mass is 16.6. The van der Waals surface area contributed by atoms with Gasteiger partial charge in [0.25, 0.3) is 0 Å². The first kappa shape index (κ1) is 59.6.